The molecule has 3 nitrogen and oxygen atoms in total. The average molecular weight is 264 g/mol. The molecule has 1 aromatic carbocycles. The maximum Gasteiger partial charge on any atom is 0.142 e. The van der Waals surface area contributed by atoms with Gasteiger partial charge in [0.15, 0.2) is 0 Å². The highest BCUT2D eigenvalue weighted by Gasteiger charge is 2.05. The fourth-order valence-corrected chi connectivity index (χ4v) is 1.82. The van der Waals surface area contributed by atoms with Crippen molar-refractivity contribution in [2.24, 2.45) is 0 Å². The number of para-hydroxylation sites is 1. The summed E-state index contributed by atoms with van der Waals surface area (Å²) >= 11 is 12.1. The number of aromatic nitrogens is 1. The van der Waals surface area contributed by atoms with Gasteiger partial charge in [-0.15, -0.1) is 0 Å². The van der Waals surface area contributed by atoms with Gasteiger partial charge < -0.3 is 5.32 Å². The normalized spacial score (nSPS) is 9.71. The Balaban J connectivity index is 2.35. The zero-order valence-corrected chi connectivity index (χ0v) is 10.1. The number of hydrogen-bond acceptors (Lipinski definition) is 3. The van der Waals surface area contributed by atoms with E-state index in [2.05, 4.69) is 10.3 Å². The molecule has 2 aromatic rings. The Bertz CT molecular complexity index is 570. The zero-order chi connectivity index (χ0) is 12.3. The van der Waals surface area contributed by atoms with Crippen LogP contribution in [-0.4, -0.2) is 4.98 Å². The summed E-state index contributed by atoms with van der Waals surface area (Å²) in [6.45, 7) is 0. The highest BCUT2D eigenvalue weighted by Crippen LogP contribution is 2.32. The van der Waals surface area contributed by atoms with Crippen LogP contribution in [0.5, 0.6) is 0 Å². The first-order chi connectivity index (χ1) is 8.20. The van der Waals surface area contributed by atoms with Crippen molar-refractivity contribution < 1.29 is 0 Å². The van der Waals surface area contributed by atoms with Crippen LogP contribution in [0.3, 0.4) is 0 Å². The van der Waals surface area contributed by atoms with Crippen LogP contribution in [0.15, 0.2) is 36.5 Å². The minimum Gasteiger partial charge on any atom is -0.353 e. The molecular formula is C12H7Cl2N3. The molecule has 0 aliphatic heterocycles. The molecule has 5 heteroatoms. The molecule has 0 atom stereocenters. The number of rotatable bonds is 2. The summed E-state index contributed by atoms with van der Waals surface area (Å²) in [7, 11) is 0. The number of hydrogen-bond donors (Lipinski definition) is 1. The fourth-order valence-electron chi connectivity index (χ4n) is 1.33. The molecule has 17 heavy (non-hydrogen) atoms. The molecule has 0 unspecified atom stereocenters. The highest BCUT2D eigenvalue weighted by molar-refractivity contribution is 6.39. The topological polar surface area (TPSA) is 48.7 Å². The van der Waals surface area contributed by atoms with Crippen LogP contribution in [0, 0.1) is 11.3 Å². The van der Waals surface area contributed by atoms with E-state index in [0.29, 0.717) is 27.1 Å². The van der Waals surface area contributed by atoms with Gasteiger partial charge >= 0.3 is 0 Å². The van der Waals surface area contributed by atoms with Gasteiger partial charge in [0.1, 0.15) is 11.8 Å². The van der Waals surface area contributed by atoms with Crippen molar-refractivity contribution in [2.45, 2.75) is 0 Å². The molecule has 1 heterocycles. The van der Waals surface area contributed by atoms with Crippen LogP contribution in [0.2, 0.25) is 10.0 Å². The second-order valence-corrected chi connectivity index (χ2v) is 4.08. The summed E-state index contributed by atoms with van der Waals surface area (Å²) in [5.74, 6) is 0. The van der Waals surface area contributed by atoms with E-state index in [1.165, 1.54) is 0 Å². The van der Waals surface area contributed by atoms with Gasteiger partial charge in [-0.2, -0.15) is 5.26 Å². The molecule has 0 bridgehead atoms. The van der Waals surface area contributed by atoms with E-state index in [4.69, 9.17) is 28.5 Å². The lowest BCUT2D eigenvalue weighted by atomic mass is 10.3. The van der Waals surface area contributed by atoms with Crippen molar-refractivity contribution in [2.75, 3.05) is 5.32 Å². The Hall–Kier alpha value is -1.76. The number of benzene rings is 1. The van der Waals surface area contributed by atoms with Gasteiger partial charge in [-0.25, -0.2) is 4.98 Å². The monoisotopic (exact) mass is 263 g/mol. The Morgan fingerprint density at radius 2 is 1.88 bits per heavy atom. The Kier molecular flexibility index (Phi) is 3.48. The average Bonchev–Trinajstić information content (AvgIpc) is 2.34. The zero-order valence-electron chi connectivity index (χ0n) is 8.61. The molecule has 1 aromatic heterocycles. The summed E-state index contributed by atoms with van der Waals surface area (Å²) in [5, 5.41) is 12.8. The number of nitrogens with zero attached hydrogens (tertiary/aromatic N) is 2. The van der Waals surface area contributed by atoms with Crippen molar-refractivity contribution in [3.8, 4) is 6.07 Å². The van der Waals surface area contributed by atoms with Crippen LogP contribution < -0.4 is 5.32 Å². The van der Waals surface area contributed by atoms with E-state index in [1.807, 2.05) is 6.07 Å². The molecule has 1 N–H and O–H groups in total. The summed E-state index contributed by atoms with van der Waals surface area (Å²) in [6.07, 6.45) is 1.55. The van der Waals surface area contributed by atoms with E-state index < -0.39 is 0 Å². The molecule has 0 fully saturated rings. The van der Waals surface area contributed by atoms with E-state index in [0.717, 1.165) is 0 Å². The third-order valence-corrected chi connectivity index (χ3v) is 2.74. The number of nitrogens with one attached hydrogen (secondary N) is 1. The number of anilines is 2. The Labute approximate surface area is 109 Å². The minimum absolute atomic E-state index is 0.332. The van der Waals surface area contributed by atoms with E-state index in [9.17, 15) is 0 Å². The lowest BCUT2D eigenvalue weighted by Crippen LogP contribution is -1.93. The van der Waals surface area contributed by atoms with Gasteiger partial charge in [0.05, 0.1) is 15.7 Å². The third kappa shape index (κ3) is 2.68. The molecule has 0 spiro atoms. The maximum absolute atomic E-state index is 8.74. The molecule has 0 aliphatic carbocycles. The maximum atomic E-state index is 8.74. The predicted octanol–water partition coefficient (Wildman–Crippen LogP) is 4.00. The predicted molar refractivity (Wildman–Crippen MR) is 68.7 cm³/mol. The molecule has 2 rings (SSSR count). The number of halogens is 2. The quantitative estimate of drug-likeness (QED) is 0.891. The molecule has 0 aliphatic rings. The van der Waals surface area contributed by atoms with Crippen molar-refractivity contribution >= 4 is 34.6 Å². The molecule has 0 saturated carbocycles. The number of nitriles is 1. The summed E-state index contributed by atoms with van der Waals surface area (Å²) < 4.78 is 0. The van der Waals surface area contributed by atoms with Gasteiger partial charge in [-0.1, -0.05) is 29.3 Å². The highest BCUT2D eigenvalue weighted by atomic mass is 35.5. The third-order valence-electron chi connectivity index (χ3n) is 2.11. The van der Waals surface area contributed by atoms with Crippen LogP contribution >= 0.6 is 23.2 Å². The van der Waals surface area contributed by atoms with E-state index in [1.54, 1.807) is 36.5 Å². The smallest absolute Gasteiger partial charge is 0.142 e. The number of pyridine rings is 1. The molecule has 0 amide bonds. The second-order valence-electron chi connectivity index (χ2n) is 3.26. The lowest BCUT2D eigenvalue weighted by molar-refractivity contribution is 1.26. The molecular weight excluding hydrogens is 257 g/mol. The first-order valence-electron chi connectivity index (χ1n) is 4.78. The van der Waals surface area contributed by atoms with Crippen molar-refractivity contribution in [1.82, 2.24) is 4.98 Å². The summed E-state index contributed by atoms with van der Waals surface area (Å²) in [4.78, 5) is 3.88. The summed E-state index contributed by atoms with van der Waals surface area (Å²) in [6, 6.07) is 10.6. The van der Waals surface area contributed by atoms with Gasteiger partial charge in [0, 0.05) is 11.9 Å². The molecule has 0 radical (unpaired) electrons. The van der Waals surface area contributed by atoms with Gasteiger partial charge in [0.25, 0.3) is 0 Å². The van der Waals surface area contributed by atoms with Crippen molar-refractivity contribution in [3.63, 3.8) is 0 Å². The Morgan fingerprint density at radius 1 is 1.18 bits per heavy atom. The van der Waals surface area contributed by atoms with Gasteiger partial charge in [-0.3, -0.25) is 0 Å². The van der Waals surface area contributed by atoms with E-state index in [-0.39, 0.29) is 0 Å². The first kappa shape index (κ1) is 11.7. The van der Waals surface area contributed by atoms with Gasteiger partial charge in [-0.05, 0) is 24.3 Å². The molecule has 84 valence electrons. The second kappa shape index (κ2) is 5.05. The first-order valence-corrected chi connectivity index (χ1v) is 5.53. The SMILES string of the molecule is N#Cc1cc(Nc2c(Cl)cccc2Cl)ccn1. The largest absolute Gasteiger partial charge is 0.353 e. The van der Waals surface area contributed by atoms with Crippen molar-refractivity contribution in [1.29, 1.82) is 5.26 Å². The van der Waals surface area contributed by atoms with Crippen molar-refractivity contribution in [3.05, 3.63) is 52.3 Å². The van der Waals surface area contributed by atoms with Gasteiger partial charge in [0.2, 0.25) is 0 Å². The van der Waals surface area contributed by atoms with Crippen LogP contribution in [-0.2, 0) is 0 Å². The van der Waals surface area contributed by atoms with Crippen LogP contribution in [0.25, 0.3) is 0 Å². The van der Waals surface area contributed by atoms with Crippen LogP contribution in [0.1, 0.15) is 5.69 Å². The molecule has 0 saturated heterocycles. The Morgan fingerprint density at radius 3 is 2.53 bits per heavy atom. The minimum atomic E-state index is 0.332. The lowest BCUT2D eigenvalue weighted by Gasteiger charge is -2.09. The summed E-state index contributed by atoms with van der Waals surface area (Å²) in [5.41, 5.74) is 1.66. The fraction of sp³-hybridized carbons (Fsp3) is 0. The van der Waals surface area contributed by atoms with E-state index >= 15 is 0 Å². The standard InChI is InChI=1S/C12H7Cl2N3/c13-10-2-1-3-11(14)12(10)17-8-4-5-16-9(6-8)7-15/h1-6H,(H,16,17). The van der Waals surface area contributed by atoms with Crippen LogP contribution in [0.4, 0.5) is 11.4 Å².